The van der Waals surface area contributed by atoms with Gasteiger partial charge in [0.1, 0.15) is 5.57 Å². The molecule has 0 saturated carbocycles. The van der Waals surface area contributed by atoms with Gasteiger partial charge in [0, 0.05) is 3.57 Å². The van der Waals surface area contributed by atoms with Gasteiger partial charge in [-0.2, -0.15) is 0 Å². The van der Waals surface area contributed by atoms with E-state index in [0.717, 1.165) is 3.57 Å². The maximum atomic E-state index is 12.6. The number of hydrazine groups is 1. The summed E-state index contributed by atoms with van der Waals surface area (Å²) in [6, 6.07) is 12.6. The highest BCUT2D eigenvalue weighted by molar-refractivity contribution is 14.1. The molecule has 1 N–H and O–H groups in total. The first-order chi connectivity index (χ1) is 12.5. The number of rotatable bonds is 5. The van der Waals surface area contributed by atoms with Gasteiger partial charge in [0.05, 0.1) is 19.4 Å². The summed E-state index contributed by atoms with van der Waals surface area (Å²) in [6.45, 7) is 2.40. The average molecular weight is 464 g/mol. The Kier molecular flexibility index (Phi) is 5.46. The molecule has 134 valence electrons. The van der Waals surface area contributed by atoms with E-state index in [1.807, 2.05) is 19.1 Å². The SMILES string of the molecule is CCOc1ccc(C=C2C(=O)NN(c3ccc(I)cc3)C2=O)cc1OC. The maximum Gasteiger partial charge on any atom is 0.282 e. The van der Waals surface area contributed by atoms with Crippen molar-refractivity contribution in [3.63, 3.8) is 0 Å². The predicted octanol–water partition coefficient (Wildman–Crippen LogP) is 3.16. The monoisotopic (exact) mass is 464 g/mol. The van der Waals surface area contributed by atoms with Crippen molar-refractivity contribution < 1.29 is 19.1 Å². The standard InChI is InChI=1S/C19H17IN2O4/c1-3-26-16-9-4-12(11-17(16)25-2)10-15-18(23)21-22(19(15)24)14-7-5-13(20)6-8-14/h4-11H,3H2,1-2H3,(H,21,23). The van der Waals surface area contributed by atoms with Crippen LogP contribution in [-0.4, -0.2) is 25.5 Å². The van der Waals surface area contributed by atoms with Crippen LogP contribution in [0.2, 0.25) is 0 Å². The highest BCUT2D eigenvalue weighted by Gasteiger charge is 2.34. The van der Waals surface area contributed by atoms with E-state index < -0.39 is 11.8 Å². The van der Waals surface area contributed by atoms with Crippen LogP contribution in [0.3, 0.4) is 0 Å². The number of carbonyl (C=O) groups excluding carboxylic acids is 2. The minimum Gasteiger partial charge on any atom is -0.493 e. The Morgan fingerprint density at radius 3 is 2.50 bits per heavy atom. The van der Waals surface area contributed by atoms with Crippen LogP contribution in [0.1, 0.15) is 12.5 Å². The molecule has 0 aromatic heterocycles. The normalized spacial score (nSPS) is 15.3. The van der Waals surface area contributed by atoms with E-state index in [9.17, 15) is 9.59 Å². The van der Waals surface area contributed by atoms with Gasteiger partial charge in [0.2, 0.25) is 0 Å². The Morgan fingerprint density at radius 2 is 1.85 bits per heavy atom. The molecule has 2 aromatic carbocycles. The van der Waals surface area contributed by atoms with Gasteiger partial charge < -0.3 is 9.47 Å². The molecule has 3 rings (SSSR count). The lowest BCUT2D eigenvalue weighted by atomic mass is 10.1. The molecule has 0 aliphatic carbocycles. The smallest absolute Gasteiger partial charge is 0.282 e. The van der Waals surface area contributed by atoms with E-state index in [4.69, 9.17) is 9.47 Å². The molecule has 1 aliphatic rings. The van der Waals surface area contributed by atoms with Crippen molar-refractivity contribution in [2.75, 3.05) is 18.7 Å². The Balaban J connectivity index is 1.90. The fourth-order valence-corrected chi connectivity index (χ4v) is 2.90. The first-order valence-electron chi connectivity index (χ1n) is 7.97. The van der Waals surface area contributed by atoms with Crippen LogP contribution in [0.15, 0.2) is 48.0 Å². The second-order valence-corrected chi connectivity index (χ2v) is 6.70. The van der Waals surface area contributed by atoms with Crippen molar-refractivity contribution in [1.82, 2.24) is 5.43 Å². The first kappa shape index (κ1) is 18.2. The fraction of sp³-hybridized carbons (Fsp3) is 0.158. The number of methoxy groups -OCH3 is 1. The lowest BCUT2D eigenvalue weighted by Gasteiger charge is -2.14. The van der Waals surface area contributed by atoms with Crippen LogP contribution in [0.4, 0.5) is 5.69 Å². The van der Waals surface area contributed by atoms with Gasteiger partial charge >= 0.3 is 0 Å². The summed E-state index contributed by atoms with van der Waals surface area (Å²) < 4.78 is 11.8. The number of hydrogen-bond donors (Lipinski definition) is 1. The lowest BCUT2D eigenvalue weighted by molar-refractivity contribution is -0.117. The molecule has 26 heavy (non-hydrogen) atoms. The maximum absolute atomic E-state index is 12.6. The van der Waals surface area contributed by atoms with Crippen molar-refractivity contribution in [3.05, 3.63) is 57.2 Å². The zero-order valence-corrected chi connectivity index (χ0v) is 16.4. The number of halogens is 1. The summed E-state index contributed by atoms with van der Waals surface area (Å²) in [6.07, 6.45) is 1.54. The third-order valence-electron chi connectivity index (χ3n) is 3.77. The van der Waals surface area contributed by atoms with Crippen LogP contribution in [0.5, 0.6) is 11.5 Å². The van der Waals surface area contributed by atoms with Gasteiger partial charge in [-0.25, -0.2) is 5.01 Å². The molecule has 6 nitrogen and oxygen atoms in total. The largest absolute Gasteiger partial charge is 0.493 e. The topological polar surface area (TPSA) is 67.9 Å². The Hall–Kier alpha value is -2.55. The first-order valence-corrected chi connectivity index (χ1v) is 9.05. The molecule has 0 unspecified atom stereocenters. The van der Waals surface area contributed by atoms with Gasteiger partial charge in [0.15, 0.2) is 11.5 Å². The van der Waals surface area contributed by atoms with Crippen LogP contribution < -0.4 is 19.9 Å². The number of benzene rings is 2. The molecular formula is C19H17IN2O4. The highest BCUT2D eigenvalue weighted by atomic mass is 127. The lowest BCUT2D eigenvalue weighted by Crippen LogP contribution is -2.35. The van der Waals surface area contributed by atoms with Crippen LogP contribution in [-0.2, 0) is 9.59 Å². The number of nitrogens with zero attached hydrogens (tertiary/aromatic N) is 1. The second-order valence-electron chi connectivity index (χ2n) is 5.46. The molecular weight excluding hydrogens is 447 g/mol. The molecule has 0 atom stereocenters. The number of amides is 2. The number of ether oxygens (including phenoxy) is 2. The number of anilines is 1. The van der Waals surface area contributed by atoms with E-state index in [0.29, 0.717) is 29.4 Å². The quantitative estimate of drug-likeness (QED) is 0.420. The molecule has 2 amide bonds. The Morgan fingerprint density at radius 1 is 1.12 bits per heavy atom. The summed E-state index contributed by atoms with van der Waals surface area (Å²) >= 11 is 2.18. The van der Waals surface area contributed by atoms with Gasteiger partial charge in [-0.05, 0) is 77.6 Å². The fourth-order valence-electron chi connectivity index (χ4n) is 2.54. The molecule has 2 aromatic rings. The van der Waals surface area contributed by atoms with E-state index >= 15 is 0 Å². The average Bonchev–Trinajstić information content (AvgIpc) is 2.92. The predicted molar refractivity (Wildman–Crippen MR) is 107 cm³/mol. The van der Waals surface area contributed by atoms with Crippen molar-refractivity contribution in [3.8, 4) is 11.5 Å². The number of carbonyl (C=O) groups is 2. The summed E-state index contributed by atoms with van der Waals surface area (Å²) in [5, 5.41) is 1.25. The van der Waals surface area contributed by atoms with Crippen molar-refractivity contribution in [2.24, 2.45) is 0 Å². The highest BCUT2D eigenvalue weighted by Crippen LogP contribution is 2.30. The minimum absolute atomic E-state index is 0.0646. The summed E-state index contributed by atoms with van der Waals surface area (Å²) in [5.74, 6) is 0.312. The van der Waals surface area contributed by atoms with Gasteiger partial charge in [-0.3, -0.25) is 15.0 Å². The van der Waals surface area contributed by atoms with E-state index in [1.165, 1.54) is 5.01 Å². The van der Waals surface area contributed by atoms with Crippen molar-refractivity contribution in [1.29, 1.82) is 0 Å². The van der Waals surface area contributed by atoms with E-state index in [1.54, 1.807) is 43.5 Å². The molecule has 1 aliphatic heterocycles. The molecule has 7 heteroatoms. The van der Waals surface area contributed by atoms with Gasteiger partial charge in [-0.1, -0.05) is 6.07 Å². The van der Waals surface area contributed by atoms with Crippen LogP contribution in [0.25, 0.3) is 6.08 Å². The molecule has 0 bridgehead atoms. The van der Waals surface area contributed by atoms with Crippen LogP contribution in [0, 0.1) is 3.57 Å². The van der Waals surface area contributed by atoms with E-state index in [-0.39, 0.29) is 5.57 Å². The molecule has 1 saturated heterocycles. The summed E-state index contributed by atoms with van der Waals surface area (Å²) in [5.41, 5.74) is 3.93. The molecule has 1 fully saturated rings. The molecule has 0 spiro atoms. The third-order valence-corrected chi connectivity index (χ3v) is 4.49. The molecule has 1 heterocycles. The summed E-state index contributed by atoms with van der Waals surface area (Å²) in [4.78, 5) is 24.9. The van der Waals surface area contributed by atoms with Crippen molar-refractivity contribution in [2.45, 2.75) is 6.92 Å². The summed E-state index contributed by atoms with van der Waals surface area (Å²) in [7, 11) is 1.54. The zero-order chi connectivity index (χ0) is 18.7. The Labute approximate surface area is 164 Å². The minimum atomic E-state index is -0.443. The zero-order valence-electron chi connectivity index (χ0n) is 14.3. The van der Waals surface area contributed by atoms with Crippen LogP contribution >= 0.6 is 22.6 Å². The number of hydrogen-bond acceptors (Lipinski definition) is 4. The second kappa shape index (κ2) is 7.77. The molecule has 0 radical (unpaired) electrons. The van der Waals surface area contributed by atoms with Gasteiger partial charge in [0.25, 0.3) is 11.8 Å². The van der Waals surface area contributed by atoms with Crippen molar-refractivity contribution >= 4 is 46.2 Å². The van der Waals surface area contributed by atoms with E-state index in [2.05, 4.69) is 28.0 Å². The number of nitrogens with one attached hydrogen (secondary N) is 1. The van der Waals surface area contributed by atoms with Gasteiger partial charge in [-0.15, -0.1) is 0 Å². The Bertz CT molecular complexity index is 878. The third kappa shape index (κ3) is 3.67.